The quantitative estimate of drug-likeness (QED) is 0.565. The van der Waals surface area contributed by atoms with Crippen molar-refractivity contribution in [1.82, 2.24) is 10.2 Å². The normalized spacial score (nSPS) is 21.9. The molecule has 0 aliphatic carbocycles. The van der Waals surface area contributed by atoms with Gasteiger partial charge in [-0.15, -0.1) is 0 Å². The van der Waals surface area contributed by atoms with Crippen LogP contribution in [0.4, 0.5) is 4.79 Å². The van der Waals surface area contributed by atoms with E-state index < -0.39 is 18.0 Å². The SMILES string of the molecule is COCC(NC(=O)N1CCC(N)C1)C(=O)O. The predicted molar refractivity (Wildman–Crippen MR) is 56.0 cm³/mol. The van der Waals surface area contributed by atoms with Gasteiger partial charge in [0.2, 0.25) is 0 Å². The van der Waals surface area contributed by atoms with Crippen LogP contribution in [0.15, 0.2) is 0 Å². The van der Waals surface area contributed by atoms with E-state index in [2.05, 4.69) is 5.32 Å². The maximum atomic E-state index is 11.6. The molecule has 1 aliphatic rings. The fraction of sp³-hybridized carbons (Fsp3) is 0.778. The van der Waals surface area contributed by atoms with Gasteiger partial charge in [-0.1, -0.05) is 0 Å². The summed E-state index contributed by atoms with van der Waals surface area (Å²) >= 11 is 0. The highest BCUT2D eigenvalue weighted by Crippen LogP contribution is 2.06. The lowest BCUT2D eigenvalue weighted by Gasteiger charge is -2.20. The third-order valence-corrected chi connectivity index (χ3v) is 2.44. The standard InChI is InChI=1S/C9H17N3O4/c1-16-5-7(8(13)14)11-9(15)12-3-2-6(10)4-12/h6-7H,2-5,10H2,1H3,(H,11,15)(H,13,14). The minimum absolute atomic E-state index is 0.0172. The second-order valence-corrected chi connectivity index (χ2v) is 3.79. The van der Waals surface area contributed by atoms with Crippen molar-refractivity contribution < 1.29 is 19.4 Å². The van der Waals surface area contributed by atoms with Crippen molar-refractivity contribution in [3.63, 3.8) is 0 Å². The number of carbonyl (C=O) groups is 2. The summed E-state index contributed by atoms with van der Waals surface area (Å²) in [6.45, 7) is 0.971. The van der Waals surface area contributed by atoms with Crippen molar-refractivity contribution in [2.24, 2.45) is 5.73 Å². The molecule has 2 unspecified atom stereocenters. The second kappa shape index (κ2) is 5.66. The van der Waals surface area contributed by atoms with Crippen LogP contribution < -0.4 is 11.1 Å². The number of rotatable bonds is 4. The first kappa shape index (κ1) is 12.7. The number of amides is 2. The van der Waals surface area contributed by atoms with E-state index in [0.717, 1.165) is 6.42 Å². The molecule has 1 fully saturated rings. The van der Waals surface area contributed by atoms with Crippen molar-refractivity contribution in [2.75, 3.05) is 26.8 Å². The molecule has 0 aromatic rings. The van der Waals surface area contributed by atoms with Crippen LogP contribution in [0.25, 0.3) is 0 Å². The number of methoxy groups -OCH3 is 1. The maximum Gasteiger partial charge on any atom is 0.328 e. The van der Waals surface area contributed by atoms with Crippen molar-refractivity contribution in [3.8, 4) is 0 Å². The molecule has 1 saturated heterocycles. The van der Waals surface area contributed by atoms with Gasteiger partial charge < -0.3 is 25.8 Å². The molecule has 92 valence electrons. The molecule has 0 radical (unpaired) electrons. The van der Waals surface area contributed by atoms with Gasteiger partial charge in [-0.25, -0.2) is 9.59 Å². The summed E-state index contributed by atoms with van der Waals surface area (Å²) in [5.41, 5.74) is 5.65. The van der Waals surface area contributed by atoms with E-state index in [0.29, 0.717) is 13.1 Å². The molecule has 2 atom stereocenters. The number of nitrogens with one attached hydrogen (secondary N) is 1. The number of nitrogens with two attached hydrogens (primary N) is 1. The minimum Gasteiger partial charge on any atom is -0.480 e. The van der Waals surface area contributed by atoms with Gasteiger partial charge in [0.1, 0.15) is 0 Å². The average Bonchev–Trinajstić information content (AvgIpc) is 2.64. The first-order chi connectivity index (χ1) is 7.54. The largest absolute Gasteiger partial charge is 0.480 e. The third kappa shape index (κ3) is 3.35. The Morgan fingerprint density at radius 3 is 2.81 bits per heavy atom. The molecule has 1 aliphatic heterocycles. The number of carboxylic acid groups (broad SMARTS) is 1. The zero-order valence-electron chi connectivity index (χ0n) is 9.18. The summed E-state index contributed by atoms with van der Waals surface area (Å²) in [7, 11) is 1.38. The highest BCUT2D eigenvalue weighted by atomic mass is 16.5. The van der Waals surface area contributed by atoms with Gasteiger partial charge >= 0.3 is 12.0 Å². The van der Waals surface area contributed by atoms with E-state index in [1.807, 2.05) is 0 Å². The van der Waals surface area contributed by atoms with Crippen LogP contribution in [0.2, 0.25) is 0 Å². The number of carbonyl (C=O) groups excluding carboxylic acids is 1. The number of likely N-dealkylation sites (tertiary alicyclic amines) is 1. The summed E-state index contributed by atoms with van der Waals surface area (Å²) in [5, 5.41) is 11.2. The van der Waals surface area contributed by atoms with Crippen LogP contribution in [0, 0.1) is 0 Å². The Labute approximate surface area is 93.5 Å². The summed E-state index contributed by atoms with van der Waals surface area (Å²) in [6, 6.07) is -1.44. The molecule has 1 rings (SSSR count). The number of nitrogens with zero attached hydrogens (tertiary/aromatic N) is 1. The molecule has 0 aromatic heterocycles. The molecular formula is C9H17N3O4. The Kier molecular flexibility index (Phi) is 4.51. The van der Waals surface area contributed by atoms with Gasteiger partial charge in [0.05, 0.1) is 6.61 Å². The van der Waals surface area contributed by atoms with Crippen LogP contribution in [-0.2, 0) is 9.53 Å². The van der Waals surface area contributed by atoms with Crippen LogP contribution in [0.3, 0.4) is 0 Å². The molecule has 7 nitrogen and oxygen atoms in total. The highest BCUT2D eigenvalue weighted by molar-refractivity contribution is 5.82. The smallest absolute Gasteiger partial charge is 0.328 e. The minimum atomic E-state index is -1.11. The van der Waals surface area contributed by atoms with Gasteiger partial charge in [0, 0.05) is 26.2 Å². The second-order valence-electron chi connectivity index (χ2n) is 3.79. The van der Waals surface area contributed by atoms with E-state index in [1.165, 1.54) is 12.0 Å². The molecule has 1 heterocycles. The molecule has 7 heteroatoms. The number of hydrogen-bond donors (Lipinski definition) is 3. The van der Waals surface area contributed by atoms with E-state index in [4.69, 9.17) is 15.6 Å². The van der Waals surface area contributed by atoms with Crippen LogP contribution >= 0.6 is 0 Å². The van der Waals surface area contributed by atoms with Gasteiger partial charge in [-0.2, -0.15) is 0 Å². The summed E-state index contributed by atoms with van der Waals surface area (Å²) < 4.78 is 4.71. The number of ether oxygens (including phenoxy) is 1. The lowest BCUT2D eigenvalue weighted by molar-refractivity contribution is -0.140. The monoisotopic (exact) mass is 231 g/mol. The summed E-state index contributed by atoms with van der Waals surface area (Å²) in [6.07, 6.45) is 0.745. The topological polar surface area (TPSA) is 105 Å². The van der Waals surface area contributed by atoms with Crippen molar-refractivity contribution in [3.05, 3.63) is 0 Å². The third-order valence-electron chi connectivity index (χ3n) is 2.44. The zero-order valence-corrected chi connectivity index (χ0v) is 9.18. The fourth-order valence-corrected chi connectivity index (χ4v) is 1.55. The maximum absolute atomic E-state index is 11.6. The zero-order chi connectivity index (χ0) is 12.1. The Morgan fingerprint density at radius 2 is 2.38 bits per heavy atom. The fourth-order valence-electron chi connectivity index (χ4n) is 1.55. The van der Waals surface area contributed by atoms with E-state index in [9.17, 15) is 9.59 Å². The molecule has 4 N–H and O–H groups in total. The predicted octanol–water partition coefficient (Wildman–Crippen LogP) is -1.17. The molecule has 0 spiro atoms. The molecule has 2 amide bonds. The highest BCUT2D eigenvalue weighted by Gasteiger charge is 2.27. The van der Waals surface area contributed by atoms with Crippen LogP contribution in [0.5, 0.6) is 0 Å². The molecule has 16 heavy (non-hydrogen) atoms. The van der Waals surface area contributed by atoms with Crippen molar-refractivity contribution in [1.29, 1.82) is 0 Å². The Balaban J connectivity index is 2.45. The molecule has 0 bridgehead atoms. The first-order valence-corrected chi connectivity index (χ1v) is 5.07. The number of carboxylic acids is 1. The first-order valence-electron chi connectivity index (χ1n) is 5.07. The summed E-state index contributed by atoms with van der Waals surface area (Å²) in [4.78, 5) is 23.9. The van der Waals surface area contributed by atoms with Crippen LogP contribution in [-0.4, -0.2) is 60.9 Å². The van der Waals surface area contributed by atoms with Gasteiger partial charge in [-0.3, -0.25) is 0 Å². The van der Waals surface area contributed by atoms with E-state index in [-0.39, 0.29) is 12.6 Å². The van der Waals surface area contributed by atoms with Gasteiger partial charge in [-0.05, 0) is 6.42 Å². The van der Waals surface area contributed by atoms with E-state index in [1.54, 1.807) is 0 Å². The lowest BCUT2D eigenvalue weighted by atomic mass is 10.3. The van der Waals surface area contributed by atoms with E-state index >= 15 is 0 Å². The Morgan fingerprint density at radius 1 is 1.69 bits per heavy atom. The van der Waals surface area contributed by atoms with Crippen LogP contribution in [0.1, 0.15) is 6.42 Å². The molecule has 0 saturated carbocycles. The number of aliphatic carboxylic acids is 1. The molecule has 0 aromatic carbocycles. The summed E-state index contributed by atoms with van der Waals surface area (Å²) in [5.74, 6) is -1.11. The Bertz CT molecular complexity index is 271. The van der Waals surface area contributed by atoms with Crippen molar-refractivity contribution >= 4 is 12.0 Å². The van der Waals surface area contributed by atoms with Crippen molar-refractivity contribution in [2.45, 2.75) is 18.5 Å². The van der Waals surface area contributed by atoms with Gasteiger partial charge in [0.15, 0.2) is 6.04 Å². The lowest BCUT2D eigenvalue weighted by Crippen LogP contribution is -2.49. The Hall–Kier alpha value is -1.34. The van der Waals surface area contributed by atoms with Gasteiger partial charge in [0.25, 0.3) is 0 Å². The average molecular weight is 231 g/mol. The number of hydrogen-bond acceptors (Lipinski definition) is 4. The number of urea groups is 1. The molecular weight excluding hydrogens is 214 g/mol.